The highest BCUT2D eigenvalue weighted by Crippen LogP contribution is 2.24. The average molecular weight is 1630 g/mol. The first-order valence-electron chi connectivity index (χ1n) is 39.9. The van der Waals surface area contributed by atoms with Gasteiger partial charge in [0.2, 0.25) is 88.6 Å². The molecule has 39 heteroatoms. The van der Waals surface area contributed by atoms with E-state index in [0.29, 0.717) is 24.0 Å². The number of nitrogens with two attached hydrogens (primary N) is 5. The minimum absolute atomic E-state index is 0.0190. The molecule has 2 unspecified atom stereocenters. The first kappa shape index (κ1) is 95.7. The second kappa shape index (κ2) is 50.4. The van der Waals surface area contributed by atoms with Crippen LogP contribution in [-0.2, 0) is 84.8 Å². The molecule has 0 radical (unpaired) electrons. The van der Waals surface area contributed by atoms with Crippen LogP contribution >= 0.6 is 0 Å². The number of primary amides is 2. The zero-order chi connectivity index (χ0) is 85.4. The number of hydrogen-bond donors (Lipinski definition) is 23. The number of rotatable bonds is 41. The third kappa shape index (κ3) is 33.1. The molecule has 2 aromatic carbocycles. The Morgan fingerprint density at radius 2 is 1.25 bits per heavy atom. The van der Waals surface area contributed by atoms with Crippen LogP contribution in [0, 0.1) is 5.41 Å². The summed E-state index contributed by atoms with van der Waals surface area (Å²) in [5, 5.41) is 74.4. The lowest BCUT2D eigenvalue weighted by Crippen LogP contribution is -2.62. The number of carbonyl (C=O) groups excluding carboxylic acids is 15. The highest BCUT2D eigenvalue weighted by atomic mass is 16.3. The molecule has 1 aromatic heterocycles. The van der Waals surface area contributed by atoms with Crippen LogP contribution in [0.25, 0.3) is 10.9 Å². The number of hydrogen-bond acceptors (Lipinski definition) is 21. The van der Waals surface area contributed by atoms with E-state index >= 15 is 4.79 Å². The molecule has 2 fully saturated rings. The number of amides is 15. The minimum atomic E-state index is -1.94. The van der Waals surface area contributed by atoms with Crippen molar-refractivity contribution in [3.63, 3.8) is 0 Å². The molecule has 14 atom stereocenters. The number of H-pyrrole nitrogens is 1. The van der Waals surface area contributed by atoms with Crippen LogP contribution in [0.4, 0.5) is 0 Å². The molecular formula is C77H121N21O18. The Bertz CT molecular complexity index is 3790. The van der Waals surface area contributed by atoms with Crippen molar-refractivity contribution in [2.24, 2.45) is 28.7 Å². The normalized spacial score (nSPS) is 20.6. The van der Waals surface area contributed by atoms with E-state index < -0.39 is 232 Å². The highest BCUT2D eigenvalue weighted by molar-refractivity contribution is 6.00. The molecule has 3 heterocycles. The number of para-hydroxylation sites is 1. The van der Waals surface area contributed by atoms with E-state index in [2.05, 4.69) is 81.0 Å². The van der Waals surface area contributed by atoms with Crippen LogP contribution < -0.4 is 97.8 Å². The fraction of sp³-hybridized carbons (Fsp3) is 0.610. The van der Waals surface area contributed by atoms with E-state index in [4.69, 9.17) is 34.1 Å². The molecule has 28 N–H and O–H groups in total. The van der Waals surface area contributed by atoms with Crippen molar-refractivity contribution in [3.05, 3.63) is 71.9 Å². The standard InChI is InChI=1S/C77H121N21O18/c1-4-6-8-9-10-11-15-28-62(103)87-41-64(105)88-59(43-99)73(113)91-54(29-31-61(80)102)69(109)95-58(37-47(79)39-78)72(112)97-65(44(3)100)75(115)92-52(24-7-5-2)67(107)93-55-30-32-63(104)84-33-19-18-26-51(66(81)106)89-71(111)57(36-46-40-86-50-25-17-16-23-49(46)50)94-68(108)53(27-20-34-85-77(82)83)90-70(110)56(35-45-21-13-12-14-22-45)96-74(114)60-38-48(101)42-98(60)76(55)116/h12-14,16-17,21-23,25,40,44,47-48,51-60,65,86,99-101H,4-11,15,18-20,24,26-39,41-43,78-79H2,1-3H3,(H2,80,102)(H2,81,106)(H,84,104)(H,87,103)(H,88,105)(H,89,111)(H,90,110)(H,91,113)(H,92,115)(H,93,107)(H,94,108)(H,95,109)(H,96,114)(H,97,112)(H4,82,83,85)/t44?,47?,48-,51+,52+,53+,54-,55+,56-,57+,58+,59+,60+,65+/m1/s1. The maximum Gasteiger partial charge on any atom is 0.245 e. The number of fused-ring (bicyclic) bond motifs is 2. The van der Waals surface area contributed by atoms with E-state index in [9.17, 15) is 82.4 Å². The summed E-state index contributed by atoms with van der Waals surface area (Å²) in [6, 6.07) is -3.12. The highest BCUT2D eigenvalue weighted by Gasteiger charge is 2.44. The van der Waals surface area contributed by atoms with Crippen LogP contribution in [-0.4, -0.2) is 244 Å². The molecule has 0 bridgehead atoms. The largest absolute Gasteiger partial charge is 0.394 e. The minimum Gasteiger partial charge on any atom is -0.394 e. The molecule has 0 spiro atoms. The van der Waals surface area contributed by atoms with Gasteiger partial charge in [-0.2, -0.15) is 0 Å². The van der Waals surface area contributed by atoms with Crippen molar-refractivity contribution >= 4 is 105 Å². The van der Waals surface area contributed by atoms with Gasteiger partial charge in [-0.15, -0.1) is 0 Å². The van der Waals surface area contributed by atoms with Gasteiger partial charge < -0.3 is 123 Å². The zero-order valence-electron chi connectivity index (χ0n) is 66.4. The summed E-state index contributed by atoms with van der Waals surface area (Å²) < 4.78 is 0. The lowest BCUT2D eigenvalue weighted by atomic mass is 10.0. The molecule has 0 saturated carbocycles. The predicted molar refractivity (Wildman–Crippen MR) is 426 cm³/mol. The van der Waals surface area contributed by atoms with Gasteiger partial charge in [0, 0.05) is 87.8 Å². The summed E-state index contributed by atoms with van der Waals surface area (Å²) in [6.07, 6.45) is 3.00. The molecule has 2 aliphatic rings. The van der Waals surface area contributed by atoms with Gasteiger partial charge in [-0.25, -0.2) is 0 Å². The summed E-state index contributed by atoms with van der Waals surface area (Å²) >= 11 is 0. The van der Waals surface area contributed by atoms with Gasteiger partial charge in [-0.1, -0.05) is 114 Å². The van der Waals surface area contributed by atoms with Gasteiger partial charge in [0.1, 0.15) is 66.5 Å². The first-order valence-corrected chi connectivity index (χ1v) is 39.9. The molecule has 15 amide bonds. The number of carbonyl (C=O) groups is 15. The third-order valence-corrected chi connectivity index (χ3v) is 19.9. The zero-order valence-corrected chi connectivity index (χ0v) is 66.4. The van der Waals surface area contributed by atoms with Crippen molar-refractivity contribution in [2.45, 2.75) is 260 Å². The summed E-state index contributed by atoms with van der Waals surface area (Å²) in [7, 11) is 0. The van der Waals surface area contributed by atoms with Crippen molar-refractivity contribution in [1.29, 1.82) is 5.41 Å². The Hall–Kier alpha value is -10.9. The van der Waals surface area contributed by atoms with Crippen LogP contribution in [0.5, 0.6) is 0 Å². The van der Waals surface area contributed by atoms with E-state index in [0.717, 1.165) is 61.3 Å². The van der Waals surface area contributed by atoms with E-state index in [1.807, 2.05) is 6.07 Å². The molecule has 39 nitrogen and oxygen atoms in total. The number of unbranched alkanes of at least 4 members (excludes halogenated alkanes) is 7. The SMILES string of the molecule is CCCCCCCCCC(=O)NCC(=O)N[C@@H](CO)C(=O)N[C@H](CCC(N)=O)C(=O)N[C@@H](CC(N)CN)C(=O)N[C@H](C(=O)N[C@@H](CCCC)C(=O)N[C@H]1CCC(=O)NCCCC[C@@H](C(N)=O)NC(=O)[C@H](Cc2c[nH]c3ccccc23)NC(=O)[C@H](CCCNC(=N)N)NC(=O)[C@@H](Cc2ccccc2)NC(=O)[C@@H]2C[C@@H](O)CN2C1=O)C(C)O. The Balaban J connectivity index is 1.42. The quantitative estimate of drug-likeness (QED) is 0.0144. The molecule has 2 saturated heterocycles. The molecule has 0 aliphatic carbocycles. The number of guanidine groups is 1. The Labute approximate surface area is 673 Å². The van der Waals surface area contributed by atoms with Gasteiger partial charge in [-0.05, 0) is 88.3 Å². The fourth-order valence-corrected chi connectivity index (χ4v) is 13.3. The summed E-state index contributed by atoms with van der Waals surface area (Å²) in [6.45, 7) is 2.66. The second-order valence-corrected chi connectivity index (χ2v) is 29.5. The number of aliphatic hydroxyl groups is 3. The Morgan fingerprint density at radius 3 is 1.92 bits per heavy atom. The van der Waals surface area contributed by atoms with Gasteiger partial charge >= 0.3 is 0 Å². The first-order chi connectivity index (χ1) is 55.4. The number of benzene rings is 2. The van der Waals surface area contributed by atoms with Crippen LogP contribution in [0.1, 0.15) is 173 Å². The Kier molecular flexibility index (Phi) is 41.6. The summed E-state index contributed by atoms with van der Waals surface area (Å²) in [5.74, 6) is -14.4. The van der Waals surface area contributed by atoms with E-state index in [1.165, 1.54) is 0 Å². The fourth-order valence-electron chi connectivity index (χ4n) is 13.3. The van der Waals surface area contributed by atoms with Gasteiger partial charge in [0.15, 0.2) is 5.96 Å². The van der Waals surface area contributed by atoms with Gasteiger partial charge in [-0.3, -0.25) is 77.3 Å². The molecule has 116 heavy (non-hydrogen) atoms. The summed E-state index contributed by atoms with van der Waals surface area (Å²) in [4.78, 5) is 215. The smallest absolute Gasteiger partial charge is 0.245 e. The molecule has 3 aromatic rings. The second-order valence-electron chi connectivity index (χ2n) is 29.5. The third-order valence-electron chi connectivity index (χ3n) is 19.9. The van der Waals surface area contributed by atoms with Crippen molar-refractivity contribution in [2.75, 3.05) is 39.3 Å². The average Bonchev–Trinajstić information content (AvgIpc) is 1.66. The van der Waals surface area contributed by atoms with Crippen LogP contribution in [0.15, 0.2) is 60.8 Å². The predicted octanol–water partition coefficient (Wildman–Crippen LogP) is -4.65. The van der Waals surface area contributed by atoms with Gasteiger partial charge in [0.05, 0.1) is 25.4 Å². The number of nitrogens with zero attached hydrogens (tertiary/aromatic N) is 1. The number of aliphatic hydroxyl groups excluding tert-OH is 3. The maximum absolute atomic E-state index is 15.3. The number of nitrogens with one attached hydrogen (secondary N) is 15. The van der Waals surface area contributed by atoms with Gasteiger partial charge in [0.25, 0.3) is 0 Å². The topological polar surface area (TPSA) is 646 Å². The molecule has 2 aliphatic heterocycles. The van der Waals surface area contributed by atoms with E-state index in [1.54, 1.807) is 61.7 Å². The van der Waals surface area contributed by atoms with Crippen LogP contribution in [0.2, 0.25) is 0 Å². The molecule has 642 valence electrons. The molecular weight excluding hydrogens is 1510 g/mol. The number of aromatic nitrogens is 1. The number of aromatic amines is 1. The summed E-state index contributed by atoms with van der Waals surface area (Å²) in [5.41, 5.74) is 30.7. The van der Waals surface area contributed by atoms with Crippen molar-refractivity contribution in [1.82, 2.24) is 79.0 Å². The van der Waals surface area contributed by atoms with Crippen molar-refractivity contribution in [3.8, 4) is 0 Å². The lowest BCUT2D eigenvalue weighted by molar-refractivity contribution is -0.143. The Morgan fingerprint density at radius 1 is 0.638 bits per heavy atom. The lowest BCUT2D eigenvalue weighted by Gasteiger charge is -2.31. The molecule has 5 rings (SSSR count). The van der Waals surface area contributed by atoms with Crippen LogP contribution in [0.3, 0.4) is 0 Å². The maximum atomic E-state index is 15.3. The van der Waals surface area contributed by atoms with Crippen molar-refractivity contribution < 1.29 is 87.2 Å². The monoisotopic (exact) mass is 1630 g/mol. The van der Waals surface area contributed by atoms with E-state index in [-0.39, 0.29) is 89.8 Å².